The fraction of sp³-hybridized carbons (Fsp3) is 0.167. The molecular formula is C24H23BrN2O5S. The number of amides is 1. The molecule has 3 rings (SSSR count). The Balaban J connectivity index is 1.95. The minimum atomic E-state index is -4.03. The Morgan fingerprint density at radius 3 is 2.33 bits per heavy atom. The van der Waals surface area contributed by atoms with Crippen LogP contribution in [0.25, 0.3) is 0 Å². The highest BCUT2D eigenvalue weighted by Gasteiger charge is 2.27. The van der Waals surface area contributed by atoms with E-state index in [1.165, 1.54) is 25.3 Å². The first-order valence-electron chi connectivity index (χ1n) is 9.95. The van der Waals surface area contributed by atoms with Gasteiger partial charge in [0.2, 0.25) is 5.91 Å². The third-order valence-electron chi connectivity index (χ3n) is 4.93. The average molecular weight is 531 g/mol. The van der Waals surface area contributed by atoms with Crippen LogP contribution in [-0.4, -0.2) is 33.9 Å². The number of nitrogens with zero attached hydrogens (tertiary/aromatic N) is 1. The summed E-state index contributed by atoms with van der Waals surface area (Å²) in [4.78, 5) is 24.9. The molecule has 0 aliphatic heterocycles. The molecule has 0 bridgehead atoms. The number of hydrogen-bond acceptors (Lipinski definition) is 5. The van der Waals surface area contributed by atoms with Crippen LogP contribution in [0, 0.1) is 13.8 Å². The highest BCUT2D eigenvalue weighted by molar-refractivity contribution is 9.10. The predicted octanol–water partition coefficient (Wildman–Crippen LogP) is 4.69. The molecule has 3 aromatic rings. The van der Waals surface area contributed by atoms with Crippen molar-refractivity contribution in [1.82, 2.24) is 0 Å². The average Bonchev–Trinajstić information content (AvgIpc) is 2.78. The molecule has 0 saturated carbocycles. The molecule has 172 valence electrons. The SMILES string of the molecule is COC(=O)c1ccc(C)c(NC(=O)CN(c2cccc(Br)c2)S(=O)(=O)c2ccc(C)cc2)c1. The maximum atomic E-state index is 13.5. The first-order chi connectivity index (χ1) is 15.6. The van der Waals surface area contributed by atoms with Crippen LogP contribution in [0.1, 0.15) is 21.5 Å². The van der Waals surface area contributed by atoms with Crippen molar-refractivity contribution in [3.8, 4) is 0 Å². The van der Waals surface area contributed by atoms with Gasteiger partial charge in [-0.3, -0.25) is 9.10 Å². The molecule has 0 aliphatic rings. The Labute approximate surface area is 201 Å². The van der Waals surface area contributed by atoms with Crippen LogP contribution in [0.2, 0.25) is 0 Å². The van der Waals surface area contributed by atoms with Crippen LogP contribution >= 0.6 is 15.9 Å². The fourth-order valence-corrected chi connectivity index (χ4v) is 4.91. The maximum absolute atomic E-state index is 13.5. The Hall–Kier alpha value is -3.17. The van der Waals surface area contributed by atoms with Crippen LogP contribution < -0.4 is 9.62 Å². The molecular weight excluding hydrogens is 508 g/mol. The van der Waals surface area contributed by atoms with Crippen molar-refractivity contribution in [1.29, 1.82) is 0 Å². The number of carbonyl (C=O) groups is 2. The van der Waals surface area contributed by atoms with Gasteiger partial charge >= 0.3 is 5.97 Å². The van der Waals surface area contributed by atoms with Crippen LogP contribution in [0.15, 0.2) is 76.1 Å². The number of ether oxygens (including phenoxy) is 1. The summed E-state index contributed by atoms with van der Waals surface area (Å²) in [5.41, 5.74) is 2.63. The molecule has 3 aromatic carbocycles. The monoisotopic (exact) mass is 530 g/mol. The minimum Gasteiger partial charge on any atom is -0.465 e. The van der Waals surface area contributed by atoms with Crippen molar-refractivity contribution in [2.75, 3.05) is 23.3 Å². The molecule has 0 aromatic heterocycles. The summed E-state index contributed by atoms with van der Waals surface area (Å²) in [6, 6.07) is 17.9. The lowest BCUT2D eigenvalue weighted by molar-refractivity contribution is -0.114. The molecule has 1 N–H and O–H groups in total. The lowest BCUT2D eigenvalue weighted by Gasteiger charge is -2.24. The number of sulfonamides is 1. The van der Waals surface area contributed by atoms with E-state index in [-0.39, 0.29) is 10.5 Å². The standard InChI is InChI=1S/C24H23BrN2O5S/c1-16-7-11-21(12-8-16)33(30,31)27(20-6-4-5-19(25)14-20)15-23(28)26-22-13-18(24(29)32-3)10-9-17(22)2/h4-14H,15H2,1-3H3,(H,26,28). The van der Waals surface area contributed by atoms with Gasteiger partial charge in [-0.15, -0.1) is 0 Å². The van der Waals surface area contributed by atoms with E-state index in [1.54, 1.807) is 55.5 Å². The molecule has 0 aliphatic carbocycles. The smallest absolute Gasteiger partial charge is 0.337 e. The second-order valence-corrected chi connectivity index (χ2v) is 10.2. The summed E-state index contributed by atoms with van der Waals surface area (Å²) in [7, 11) is -2.76. The quantitative estimate of drug-likeness (QED) is 0.447. The Kier molecular flexibility index (Phi) is 7.55. The summed E-state index contributed by atoms with van der Waals surface area (Å²) in [6.45, 7) is 3.17. The van der Waals surface area contributed by atoms with E-state index in [2.05, 4.69) is 21.2 Å². The van der Waals surface area contributed by atoms with Crippen LogP contribution in [0.3, 0.4) is 0 Å². The first kappa shape index (κ1) is 24.5. The largest absolute Gasteiger partial charge is 0.465 e. The normalized spacial score (nSPS) is 11.0. The highest BCUT2D eigenvalue weighted by Crippen LogP contribution is 2.27. The number of carbonyl (C=O) groups excluding carboxylic acids is 2. The van der Waals surface area contributed by atoms with E-state index in [1.807, 2.05) is 6.92 Å². The third-order valence-corrected chi connectivity index (χ3v) is 7.21. The van der Waals surface area contributed by atoms with Crippen molar-refractivity contribution in [3.05, 3.63) is 87.9 Å². The van der Waals surface area contributed by atoms with Gasteiger partial charge in [-0.1, -0.05) is 45.8 Å². The predicted molar refractivity (Wildman–Crippen MR) is 131 cm³/mol. The Bertz CT molecular complexity index is 1290. The van der Waals surface area contributed by atoms with E-state index in [4.69, 9.17) is 4.74 Å². The van der Waals surface area contributed by atoms with E-state index >= 15 is 0 Å². The minimum absolute atomic E-state index is 0.0738. The zero-order valence-electron chi connectivity index (χ0n) is 18.3. The topological polar surface area (TPSA) is 92.8 Å². The van der Waals surface area contributed by atoms with Gasteiger partial charge in [0.15, 0.2) is 0 Å². The van der Waals surface area contributed by atoms with Gasteiger partial charge < -0.3 is 10.1 Å². The molecule has 0 heterocycles. The number of rotatable bonds is 7. The van der Waals surface area contributed by atoms with Crippen molar-refractivity contribution in [3.63, 3.8) is 0 Å². The number of halogens is 1. The summed E-state index contributed by atoms with van der Waals surface area (Å²) >= 11 is 3.35. The lowest BCUT2D eigenvalue weighted by atomic mass is 10.1. The summed E-state index contributed by atoms with van der Waals surface area (Å²) < 4.78 is 33.4. The second kappa shape index (κ2) is 10.2. The van der Waals surface area contributed by atoms with Crippen molar-refractivity contribution >= 4 is 49.2 Å². The van der Waals surface area contributed by atoms with Crippen molar-refractivity contribution in [2.24, 2.45) is 0 Å². The van der Waals surface area contributed by atoms with E-state index in [0.29, 0.717) is 21.4 Å². The Morgan fingerprint density at radius 1 is 1.00 bits per heavy atom. The molecule has 33 heavy (non-hydrogen) atoms. The van der Waals surface area contributed by atoms with Gasteiger partial charge in [0.05, 0.1) is 23.3 Å². The van der Waals surface area contributed by atoms with Crippen LogP contribution in [0.5, 0.6) is 0 Å². The summed E-state index contributed by atoms with van der Waals surface area (Å²) in [6.07, 6.45) is 0. The zero-order chi connectivity index (χ0) is 24.2. The van der Waals surface area contributed by atoms with E-state index in [9.17, 15) is 18.0 Å². The van der Waals surface area contributed by atoms with Gasteiger partial charge in [-0.2, -0.15) is 0 Å². The van der Waals surface area contributed by atoms with Gasteiger partial charge in [-0.05, 0) is 61.9 Å². The van der Waals surface area contributed by atoms with E-state index < -0.39 is 28.4 Å². The highest BCUT2D eigenvalue weighted by atomic mass is 79.9. The summed E-state index contributed by atoms with van der Waals surface area (Å²) in [5, 5.41) is 2.71. The maximum Gasteiger partial charge on any atom is 0.337 e. The zero-order valence-corrected chi connectivity index (χ0v) is 20.7. The number of hydrogen-bond donors (Lipinski definition) is 1. The number of esters is 1. The van der Waals surface area contributed by atoms with Gasteiger partial charge in [0.1, 0.15) is 6.54 Å². The molecule has 0 atom stereocenters. The molecule has 0 radical (unpaired) electrons. The second-order valence-electron chi connectivity index (χ2n) is 7.37. The van der Waals surface area contributed by atoms with E-state index in [0.717, 1.165) is 9.87 Å². The molecule has 9 heteroatoms. The molecule has 0 unspecified atom stereocenters. The number of aryl methyl sites for hydroxylation is 2. The molecule has 0 fully saturated rings. The van der Waals surface area contributed by atoms with Crippen molar-refractivity contribution < 1.29 is 22.7 Å². The summed E-state index contributed by atoms with van der Waals surface area (Å²) in [5.74, 6) is -1.10. The van der Waals surface area contributed by atoms with Crippen molar-refractivity contribution in [2.45, 2.75) is 18.7 Å². The number of nitrogens with one attached hydrogen (secondary N) is 1. The van der Waals surface area contributed by atoms with Gasteiger partial charge in [0.25, 0.3) is 10.0 Å². The fourth-order valence-electron chi connectivity index (χ4n) is 3.11. The third kappa shape index (κ3) is 5.80. The molecule has 1 amide bonds. The first-order valence-corrected chi connectivity index (χ1v) is 12.2. The molecule has 0 saturated heterocycles. The van der Waals surface area contributed by atoms with Crippen LogP contribution in [-0.2, 0) is 19.6 Å². The molecule has 7 nitrogen and oxygen atoms in total. The lowest BCUT2D eigenvalue weighted by Crippen LogP contribution is -2.38. The van der Waals surface area contributed by atoms with Gasteiger partial charge in [-0.25, -0.2) is 13.2 Å². The van der Waals surface area contributed by atoms with Gasteiger partial charge in [0, 0.05) is 10.2 Å². The number of benzene rings is 3. The number of anilines is 2. The number of methoxy groups -OCH3 is 1. The van der Waals surface area contributed by atoms with Crippen LogP contribution in [0.4, 0.5) is 11.4 Å². The Morgan fingerprint density at radius 2 is 1.70 bits per heavy atom. The molecule has 0 spiro atoms.